The van der Waals surface area contributed by atoms with Crippen LogP contribution in [-0.2, 0) is 9.59 Å². The van der Waals surface area contributed by atoms with Gasteiger partial charge in [-0.15, -0.1) is 0 Å². The Labute approximate surface area is 148 Å². The molecule has 1 N–H and O–H groups in total. The molecule has 1 atom stereocenters. The second-order valence-corrected chi connectivity index (χ2v) is 6.79. The highest BCUT2D eigenvalue weighted by atomic mass is 16.5. The third kappa shape index (κ3) is 3.89. The van der Waals surface area contributed by atoms with Crippen LogP contribution in [0.3, 0.4) is 0 Å². The van der Waals surface area contributed by atoms with Gasteiger partial charge in [-0.05, 0) is 25.0 Å². The molecule has 1 saturated heterocycles. The van der Waals surface area contributed by atoms with Crippen molar-refractivity contribution < 1.29 is 19.1 Å². The largest absolute Gasteiger partial charge is 0.497 e. The average Bonchev–Trinajstić information content (AvgIpc) is 3.03. The lowest BCUT2D eigenvalue weighted by Crippen LogP contribution is -2.40. The molecule has 0 bridgehead atoms. The van der Waals surface area contributed by atoms with E-state index in [-0.39, 0.29) is 30.2 Å². The average molecular weight is 346 g/mol. The molecule has 0 unspecified atom stereocenters. The van der Waals surface area contributed by atoms with Gasteiger partial charge >= 0.3 is 0 Å². The SMILES string of the molecule is COc1ccc(N2C[C@@H](C(=O)NC3CCCCC3)CC2=O)c(OC)c1. The van der Waals surface area contributed by atoms with E-state index >= 15 is 0 Å². The lowest BCUT2D eigenvalue weighted by molar-refractivity contribution is -0.127. The topological polar surface area (TPSA) is 67.9 Å². The fraction of sp³-hybridized carbons (Fsp3) is 0.579. The second kappa shape index (κ2) is 7.76. The maximum Gasteiger partial charge on any atom is 0.227 e. The molecule has 0 spiro atoms. The van der Waals surface area contributed by atoms with Crippen molar-refractivity contribution in [3.05, 3.63) is 18.2 Å². The van der Waals surface area contributed by atoms with E-state index in [1.807, 2.05) is 0 Å². The van der Waals surface area contributed by atoms with Crippen LogP contribution in [0.2, 0.25) is 0 Å². The van der Waals surface area contributed by atoms with Gasteiger partial charge in [0.25, 0.3) is 0 Å². The summed E-state index contributed by atoms with van der Waals surface area (Å²) < 4.78 is 10.6. The summed E-state index contributed by atoms with van der Waals surface area (Å²) in [6, 6.07) is 5.61. The van der Waals surface area contributed by atoms with Gasteiger partial charge in [-0.3, -0.25) is 9.59 Å². The standard InChI is InChI=1S/C19H26N2O4/c1-24-15-8-9-16(17(11-15)25-2)21-12-13(10-18(21)22)19(23)20-14-6-4-3-5-7-14/h8-9,11,13-14H,3-7,10,12H2,1-2H3,(H,20,23)/t13-/m0/s1. The number of amides is 2. The van der Waals surface area contributed by atoms with E-state index in [1.165, 1.54) is 19.3 Å². The summed E-state index contributed by atoms with van der Waals surface area (Å²) in [7, 11) is 3.15. The first-order valence-electron chi connectivity index (χ1n) is 8.95. The Hall–Kier alpha value is -2.24. The Morgan fingerprint density at radius 3 is 2.60 bits per heavy atom. The normalized spacial score (nSPS) is 21.3. The Bertz CT molecular complexity index is 640. The van der Waals surface area contributed by atoms with E-state index in [9.17, 15) is 9.59 Å². The molecule has 0 radical (unpaired) electrons. The van der Waals surface area contributed by atoms with Crippen molar-refractivity contribution in [3.63, 3.8) is 0 Å². The van der Waals surface area contributed by atoms with Crippen molar-refractivity contribution in [2.75, 3.05) is 25.7 Å². The molecule has 25 heavy (non-hydrogen) atoms. The molecule has 1 aromatic rings. The summed E-state index contributed by atoms with van der Waals surface area (Å²) in [4.78, 5) is 26.7. The highest BCUT2D eigenvalue weighted by molar-refractivity contribution is 6.01. The van der Waals surface area contributed by atoms with Crippen LogP contribution < -0.4 is 19.7 Å². The molecule has 0 aromatic heterocycles. The number of carbonyl (C=O) groups excluding carboxylic acids is 2. The molecule has 1 aliphatic heterocycles. The van der Waals surface area contributed by atoms with Crippen molar-refractivity contribution in [1.29, 1.82) is 0 Å². The number of rotatable bonds is 5. The van der Waals surface area contributed by atoms with Gasteiger partial charge in [0.05, 0.1) is 25.8 Å². The van der Waals surface area contributed by atoms with Gasteiger partial charge in [-0.2, -0.15) is 0 Å². The first-order chi connectivity index (χ1) is 12.1. The Morgan fingerprint density at radius 1 is 1.16 bits per heavy atom. The first kappa shape index (κ1) is 17.6. The van der Waals surface area contributed by atoms with Gasteiger partial charge in [-0.25, -0.2) is 0 Å². The van der Waals surface area contributed by atoms with Crippen LogP contribution in [-0.4, -0.2) is 38.6 Å². The lowest BCUT2D eigenvalue weighted by atomic mass is 9.95. The minimum absolute atomic E-state index is 0.00442. The summed E-state index contributed by atoms with van der Waals surface area (Å²) in [6.07, 6.45) is 5.92. The molecule has 136 valence electrons. The zero-order valence-corrected chi connectivity index (χ0v) is 14.9. The molecule has 1 aliphatic carbocycles. The number of hydrogen-bond acceptors (Lipinski definition) is 4. The molecule has 1 saturated carbocycles. The number of methoxy groups -OCH3 is 2. The summed E-state index contributed by atoms with van der Waals surface area (Å²) in [5, 5.41) is 3.13. The van der Waals surface area contributed by atoms with Crippen molar-refractivity contribution in [1.82, 2.24) is 5.32 Å². The molecule has 6 nitrogen and oxygen atoms in total. The Morgan fingerprint density at radius 2 is 1.92 bits per heavy atom. The monoisotopic (exact) mass is 346 g/mol. The smallest absolute Gasteiger partial charge is 0.227 e. The van der Waals surface area contributed by atoms with Crippen molar-refractivity contribution in [3.8, 4) is 11.5 Å². The van der Waals surface area contributed by atoms with Crippen LogP contribution in [0.4, 0.5) is 5.69 Å². The maximum atomic E-state index is 12.5. The number of carbonyl (C=O) groups is 2. The fourth-order valence-electron chi connectivity index (χ4n) is 3.69. The van der Waals surface area contributed by atoms with Gasteiger partial charge in [-0.1, -0.05) is 19.3 Å². The van der Waals surface area contributed by atoms with E-state index in [1.54, 1.807) is 37.3 Å². The molecule has 2 fully saturated rings. The van der Waals surface area contributed by atoms with Gasteiger partial charge in [0.15, 0.2) is 0 Å². The van der Waals surface area contributed by atoms with Crippen LogP contribution in [0.5, 0.6) is 11.5 Å². The van der Waals surface area contributed by atoms with Crippen LogP contribution in [0, 0.1) is 5.92 Å². The van der Waals surface area contributed by atoms with Gasteiger partial charge in [0.1, 0.15) is 11.5 Å². The zero-order valence-electron chi connectivity index (χ0n) is 14.9. The third-order valence-corrected chi connectivity index (χ3v) is 5.13. The number of ether oxygens (including phenoxy) is 2. The number of nitrogens with one attached hydrogen (secondary N) is 1. The molecule has 1 aromatic carbocycles. The molecule has 2 amide bonds. The minimum atomic E-state index is -0.304. The minimum Gasteiger partial charge on any atom is -0.497 e. The molecule has 1 heterocycles. The van der Waals surface area contributed by atoms with Crippen LogP contribution in [0.25, 0.3) is 0 Å². The van der Waals surface area contributed by atoms with Crippen LogP contribution in [0.15, 0.2) is 18.2 Å². The Balaban J connectivity index is 1.68. The molecular formula is C19H26N2O4. The number of nitrogens with zero attached hydrogens (tertiary/aromatic N) is 1. The summed E-state index contributed by atoms with van der Waals surface area (Å²) in [6.45, 7) is 0.389. The van der Waals surface area contributed by atoms with Gasteiger partial charge in [0.2, 0.25) is 11.8 Å². The highest BCUT2D eigenvalue weighted by Crippen LogP contribution is 2.35. The Kier molecular flexibility index (Phi) is 5.46. The molecule has 3 rings (SSSR count). The first-order valence-corrected chi connectivity index (χ1v) is 8.95. The molecular weight excluding hydrogens is 320 g/mol. The second-order valence-electron chi connectivity index (χ2n) is 6.79. The van der Waals surface area contributed by atoms with Crippen LogP contribution >= 0.6 is 0 Å². The lowest BCUT2D eigenvalue weighted by Gasteiger charge is -2.24. The van der Waals surface area contributed by atoms with Crippen molar-refractivity contribution >= 4 is 17.5 Å². The number of anilines is 1. The fourth-order valence-corrected chi connectivity index (χ4v) is 3.69. The quantitative estimate of drug-likeness (QED) is 0.889. The van der Waals surface area contributed by atoms with Crippen LogP contribution in [0.1, 0.15) is 38.5 Å². The summed E-state index contributed by atoms with van der Waals surface area (Å²) >= 11 is 0. The van der Waals surface area contributed by atoms with Crippen molar-refractivity contribution in [2.24, 2.45) is 5.92 Å². The van der Waals surface area contributed by atoms with E-state index in [4.69, 9.17) is 9.47 Å². The summed E-state index contributed by atoms with van der Waals surface area (Å²) in [5.41, 5.74) is 0.682. The van der Waals surface area contributed by atoms with E-state index in [0.29, 0.717) is 23.7 Å². The highest BCUT2D eigenvalue weighted by Gasteiger charge is 2.37. The van der Waals surface area contributed by atoms with Gasteiger partial charge < -0.3 is 19.7 Å². The third-order valence-electron chi connectivity index (χ3n) is 5.13. The zero-order chi connectivity index (χ0) is 17.8. The van der Waals surface area contributed by atoms with Gasteiger partial charge in [0, 0.05) is 25.1 Å². The maximum absolute atomic E-state index is 12.5. The summed E-state index contributed by atoms with van der Waals surface area (Å²) in [5.74, 6) is 0.878. The molecule has 6 heteroatoms. The van der Waals surface area contributed by atoms with E-state index < -0.39 is 0 Å². The number of benzene rings is 1. The molecule has 2 aliphatic rings. The number of hydrogen-bond donors (Lipinski definition) is 1. The van der Waals surface area contributed by atoms with E-state index in [2.05, 4.69) is 5.32 Å². The predicted molar refractivity (Wildman–Crippen MR) is 95.0 cm³/mol. The van der Waals surface area contributed by atoms with E-state index in [0.717, 1.165) is 12.8 Å². The van der Waals surface area contributed by atoms with Crippen molar-refractivity contribution in [2.45, 2.75) is 44.6 Å². The predicted octanol–water partition coefficient (Wildman–Crippen LogP) is 2.51.